The fourth-order valence-corrected chi connectivity index (χ4v) is 2.16. The minimum Gasteiger partial charge on any atom is -0.395 e. The third-order valence-corrected chi connectivity index (χ3v) is 3.81. The topological polar surface area (TPSA) is 75.4 Å². The minimum absolute atomic E-state index is 0.0142. The largest absolute Gasteiger partial charge is 0.395 e. The van der Waals surface area contributed by atoms with E-state index in [0.717, 1.165) is 4.31 Å². The van der Waals surface area contributed by atoms with Gasteiger partial charge < -0.3 is 9.67 Å². The van der Waals surface area contributed by atoms with E-state index in [2.05, 4.69) is 4.98 Å². The van der Waals surface area contributed by atoms with Crippen molar-refractivity contribution >= 4 is 10.0 Å². The second-order valence-corrected chi connectivity index (χ2v) is 5.08. The SMILES string of the molecule is CCn1cnc(S(=O)(=O)N(C)CCO)c1. The number of aryl methyl sites for hydroxylation is 1. The minimum atomic E-state index is -3.55. The number of likely N-dealkylation sites (N-methyl/N-ethyl adjacent to an activating group) is 1. The second kappa shape index (κ2) is 4.73. The molecule has 0 aromatic carbocycles. The van der Waals surface area contributed by atoms with Gasteiger partial charge in [0.2, 0.25) is 0 Å². The first-order valence-electron chi connectivity index (χ1n) is 4.61. The van der Waals surface area contributed by atoms with E-state index in [-0.39, 0.29) is 18.2 Å². The standard InChI is InChI=1S/C8H15N3O3S/c1-3-11-6-8(9-7-11)15(13,14)10(2)4-5-12/h6-7,12H,3-5H2,1-2H3. The highest BCUT2D eigenvalue weighted by molar-refractivity contribution is 7.89. The van der Waals surface area contributed by atoms with E-state index in [0.29, 0.717) is 6.54 Å². The number of hydrogen-bond donors (Lipinski definition) is 1. The Labute approximate surface area is 89.2 Å². The van der Waals surface area contributed by atoms with Crippen LogP contribution in [-0.2, 0) is 16.6 Å². The average Bonchev–Trinajstić information content (AvgIpc) is 2.66. The van der Waals surface area contributed by atoms with Gasteiger partial charge in [0, 0.05) is 26.3 Å². The Kier molecular flexibility index (Phi) is 3.83. The molecule has 0 aliphatic rings. The molecule has 0 unspecified atom stereocenters. The van der Waals surface area contributed by atoms with Crippen molar-refractivity contribution < 1.29 is 13.5 Å². The number of sulfonamides is 1. The first-order chi connectivity index (χ1) is 7.02. The molecule has 1 aromatic rings. The van der Waals surface area contributed by atoms with E-state index in [9.17, 15) is 8.42 Å². The summed E-state index contributed by atoms with van der Waals surface area (Å²) in [4.78, 5) is 3.81. The van der Waals surface area contributed by atoms with Crippen molar-refractivity contribution in [2.24, 2.45) is 0 Å². The van der Waals surface area contributed by atoms with Gasteiger partial charge in [-0.15, -0.1) is 0 Å². The number of rotatable bonds is 5. The molecule has 0 bridgehead atoms. The zero-order valence-corrected chi connectivity index (χ0v) is 9.61. The third kappa shape index (κ3) is 2.55. The molecule has 6 nitrogen and oxygen atoms in total. The maximum absolute atomic E-state index is 11.8. The van der Waals surface area contributed by atoms with Crippen LogP contribution in [0.25, 0.3) is 0 Å². The number of aliphatic hydroxyl groups excluding tert-OH is 1. The van der Waals surface area contributed by atoms with Crippen LogP contribution in [0, 0.1) is 0 Å². The lowest BCUT2D eigenvalue weighted by atomic mass is 10.7. The number of aliphatic hydroxyl groups is 1. The summed E-state index contributed by atoms with van der Waals surface area (Å²) in [6.45, 7) is 2.44. The molecule has 1 aromatic heterocycles. The first-order valence-corrected chi connectivity index (χ1v) is 6.05. The number of aromatic nitrogens is 2. The zero-order valence-electron chi connectivity index (χ0n) is 8.79. The van der Waals surface area contributed by atoms with Crippen molar-refractivity contribution in [2.75, 3.05) is 20.2 Å². The summed E-state index contributed by atoms with van der Waals surface area (Å²) in [7, 11) is -2.14. The van der Waals surface area contributed by atoms with Crippen LogP contribution in [0.2, 0.25) is 0 Å². The fraction of sp³-hybridized carbons (Fsp3) is 0.625. The summed E-state index contributed by atoms with van der Waals surface area (Å²) in [5.74, 6) is 0. The summed E-state index contributed by atoms with van der Waals surface area (Å²) in [6, 6.07) is 0. The van der Waals surface area contributed by atoms with E-state index in [4.69, 9.17) is 5.11 Å². The maximum atomic E-state index is 11.8. The van der Waals surface area contributed by atoms with Crippen molar-refractivity contribution in [1.82, 2.24) is 13.9 Å². The van der Waals surface area contributed by atoms with E-state index in [1.54, 1.807) is 4.57 Å². The Morgan fingerprint density at radius 2 is 2.27 bits per heavy atom. The van der Waals surface area contributed by atoms with Gasteiger partial charge >= 0.3 is 0 Å². The summed E-state index contributed by atoms with van der Waals surface area (Å²) in [5.41, 5.74) is 0. The predicted octanol–water partition coefficient (Wildman–Crippen LogP) is -0.484. The molecule has 0 amide bonds. The van der Waals surface area contributed by atoms with Crippen LogP contribution in [0.1, 0.15) is 6.92 Å². The molecule has 0 aliphatic heterocycles. The molecular formula is C8H15N3O3S. The lowest BCUT2D eigenvalue weighted by molar-refractivity contribution is 0.266. The van der Waals surface area contributed by atoms with E-state index < -0.39 is 10.0 Å². The molecule has 0 aliphatic carbocycles. The van der Waals surface area contributed by atoms with Crippen LogP contribution in [0.3, 0.4) is 0 Å². The monoisotopic (exact) mass is 233 g/mol. The lowest BCUT2D eigenvalue weighted by Gasteiger charge is -2.13. The summed E-state index contributed by atoms with van der Waals surface area (Å²) < 4.78 is 26.3. The van der Waals surface area contributed by atoms with E-state index in [1.807, 2.05) is 6.92 Å². The number of hydrogen-bond acceptors (Lipinski definition) is 4. The highest BCUT2D eigenvalue weighted by Crippen LogP contribution is 2.10. The fourth-order valence-electron chi connectivity index (χ4n) is 1.07. The van der Waals surface area contributed by atoms with Crippen molar-refractivity contribution in [1.29, 1.82) is 0 Å². The summed E-state index contributed by atoms with van der Waals surface area (Å²) in [5, 5.41) is 8.68. The zero-order chi connectivity index (χ0) is 11.5. The molecule has 15 heavy (non-hydrogen) atoms. The second-order valence-electron chi connectivity index (χ2n) is 3.09. The first kappa shape index (κ1) is 12.2. The van der Waals surface area contributed by atoms with Gasteiger partial charge in [0.25, 0.3) is 10.0 Å². The van der Waals surface area contributed by atoms with E-state index >= 15 is 0 Å². The lowest BCUT2D eigenvalue weighted by Crippen LogP contribution is -2.29. The molecule has 0 saturated heterocycles. The van der Waals surface area contributed by atoms with Crippen LogP contribution in [0.4, 0.5) is 0 Å². The molecule has 0 fully saturated rings. The van der Waals surface area contributed by atoms with Crippen molar-refractivity contribution in [3.05, 3.63) is 12.5 Å². The van der Waals surface area contributed by atoms with Crippen molar-refractivity contribution in [2.45, 2.75) is 18.5 Å². The summed E-state index contributed by atoms with van der Waals surface area (Å²) in [6.07, 6.45) is 2.95. The number of nitrogens with zero attached hydrogens (tertiary/aromatic N) is 3. The Morgan fingerprint density at radius 1 is 1.60 bits per heavy atom. The van der Waals surface area contributed by atoms with Crippen LogP contribution in [-0.4, -0.2) is 47.6 Å². The van der Waals surface area contributed by atoms with Crippen molar-refractivity contribution in [3.8, 4) is 0 Å². The Bertz CT molecular complexity index is 413. The predicted molar refractivity (Wildman–Crippen MR) is 54.8 cm³/mol. The van der Waals surface area contributed by atoms with Gasteiger partial charge in [-0.25, -0.2) is 13.4 Å². The van der Waals surface area contributed by atoms with Crippen LogP contribution < -0.4 is 0 Å². The van der Waals surface area contributed by atoms with Gasteiger partial charge in [0.05, 0.1) is 12.9 Å². The smallest absolute Gasteiger partial charge is 0.261 e. The third-order valence-electron chi connectivity index (χ3n) is 2.06. The molecule has 0 saturated carbocycles. The molecule has 0 atom stereocenters. The van der Waals surface area contributed by atoms with Gasteiger partial charge in [0.1, 0.15) is 0 Å². The molecule has 1 heterocycles. The Morgan fingerprint density at radius 3 is 2.73 bits per heavy atom. The van der Waals surface area contributed by atoms with Crippen LogP contribution >= 0.6 is 0 Å². The molecule has 0 radical (unpaired) electrons. The molecule has 7 heteroatoms. The van der Waals surface area contributed by atoms with Crippen LogP contribution in [0.5, 0.6) is 0 Å². The van der Waals surface area contributed by atoms with Crippen LogP contribution in [0.15, 0.2) is 17.6 Å². The van der Waals surface area contributed by atoms with E-state index in [1.165, 1.54) is 19.6 Å². The Balaban J connectivity index is 2.95. The molecule has 86 valence electrons. The normalized spacial score (nSPS) is 12.3. The molecular weight excluding hydrogens is 218 g/mol. The van der Waals surface area contributed by atoms with Gasteiger partial charge in [-0.1, -0.05) is 0 Å². The molecule has 0 spiro atoms. The molecule has 1 rings (SSSR count). The van der Waals surface area contributed by atoms with Gasteiger partial charge in [-0.05, 0) is 6.92 Å². The quantitative estimate of drug-likeness (QED) is 0.745. The summed E-state index contributed by atoms with van der Waals surface area (Å²) >= 11 is 0. The number of imidazole rings is 1. The van der Waals surface area contributed by atoms with Gasteiger partial charge in [-0.2, -0.15) is 4.31 Å². The maximum Gasteiger partial charge on any atom is 0.261 e. The Hall–Kier alpha value is -0.920. The average molecular weight is 233 g/mol. The highest BCUT2D eigenvalue weighted by Gasteiger charge is 2.22. The highest BCUT2D eigenvalue weighted by atomic mass is 32.2. The molecule has 1 N–H and O–H groups in total. The van der Waals surface area contributed by atoms with Gasteiger partial charge in [-0.3, -0.25) is 0 Å². The van der Waals surface area contributed by atoms with Crippen molar-refractivity contribution in [3.63, 3.8) is 0 Å². The van der Waals surface area contributed by atoms with Gasteiger partial charge in [0.15, 0.2) is 5.03 Å².